The molecule has 0 aliphatic carbocycles. The fourth-order valence-electron chi connectivity index (χ4n) is 5.09. The maximum Gasteiger partial charge on any atom is 0.474 e. The van der Waals surface area contributed by atoms with Crippen LogP contribution in [0.5, 0.6) is 0 Å². The molecule has 0 radical (unpaired) electrons. The van der Waals surface area contributed by atoms with Gasteiger partial charge in [-0.3, -0.25) is 33.3 Å². The standard InChI is InChI=1S/C19H27N11O13P2/c20-13-10-14(23-6-22-13)30(28-27-10)18(33)1-8(39-4-18)2-42-45(37,38)43-19(5-40-9(12(19)31)3-41-44(34,35)36)29-7-24-11-15(29)25-17(21)26-16(11)32/h6-9,12,27-28,31,33H,1-5H2,(H,37,38)(H2,20,22,23)(H2,34,35,36)(H3,21,25,26,32)/t8-,9+,12+,18-,19+/m0/s1. The number of imidazole rings is 1. The molecule has 24 nitrogen and oxygen atoms in total. The van der Waals surface area contributed by atoms with Gasteiger partial charge in [0.05, 0.1) is 38.9 Å². The summed E-state index contributed by atoms with van der Waals surface area (Å²) in [6.07, 6.45) is -2.49. The number of aromatic nitrogens is 6. The van der Waals surface area contributed by atoms with Crippen molar-refractivity contribution in [2.45, 2.75) is 36.2 Å². The smallest absolute Gasteiger partial charge is 0.385 e. The molecular formula is C19H27N11O13P2. The molecule has 0 aromatic carbocycles. The van der Waals surface area contributed by atoms with Crippen molar-refractivity contribution in [1.29, 1.82) is 0 Å². The van der Waals surface area contributed by atoms with Crippen LogP contribution < -0.4 is 33.0 Å². The van der Waals surface area contributed by atoms with Crippen LogP contribution in [0.25, 0.3) is 11.2 Å². The van der Waals surface area contributed by atoms with Gasteiger partial charge in [0.25, 0.3) is 5.56 Å². The van der Waals surface area contributed by atoms with E-state index in [1.54, 1.807) is 0 Å². The molecule has 0 amide bonds. The number of ether oxygens (including phenoxy) is 2. The number of phosphoric acid groups is 2. The minimum absolute atomic E-state index is 0.117. The molecule has 3 aromatic heterocycles. The number of hydrazine groups is 2. The van der Waals surface area contributed by atoms with Crippen LogP contribution >= 0.6 is 15.6 Å². The van der Waals surface area contributed by atoms with Crippen molar-refractivity contribution in [2.24, 2.45) is 0 Å². The van der Waals surface area contributed by atoms with Gasteiger partial charge in [-0.15, -0.1) is 5.53 Å². The minimum Gasteiger partial charge on any atom is -0.385 e. The van der Waals surface area contributed by atoms with Gasteiger partial charge < -0.3 is 45.8 Å². The van der Waals surface area contributed by atoms with Gasteiger partial charge in [-0.25, -0.2) is 29.1 Å². The zero-order chi connectivity index (χ0) is 32.4. The Kier molecular flexibility index (Phi) is 7.85. The second kappa shape index (κ2) is 11.2. The normalized spacial score (nSPS) is 29.6. The molecule has 1 unspecified atom stereocenters. The first-order valence-corrected chi connectivity index (χ1v) is 15.8. The van der Waals surface area contributed by atoms with Crippen LogP contribution in [-0.4, -0.2) is 105 Å². The third-order valence-corrected chi connectivity index (χ3v) is 8.65. The van der Waals surface area contributed by atoms with Crippen LogP contribution in [0.1, 0.15) is 6.42 Å². The van der Waals surface area contributed by atoms with E-state index in [2.05, 4.69) is 40.4 Å². The van der Waals surface area contributed by atoms with Crippen LogP contribution in [-0.2, 0) is 37.9 Å². The summed E-state index contributed by atoms with van der Waals surface area (Å²) in [6, 6.07) is 0. The Labute approximate surface area is 250 Å². The maximum atomic E-state index is 13.3. The molecule has 6 rings (SSSR count). The Balaban J connectivity index is 1.22. The van der Waals surface area contributed by atoms with Crippen LogP contribution in [0.3, 0.4) is 0 Å². The van der Waals surface area contributed by atoms with E-state index >= 15 is 0 Å². The topological polar surface area (TPSA) is 350 Å². The predicted molar refractivity (Wildman–Crippen MR) is 146 cm³/mol. The number of anilines is 4. The molecular weight excluding hydrogens is 652 g/mol. The molecule has 26 heteroatoms. The van der Waals surface area contributed by atoms with Crippen molar-refractivity contribution >= 4 is 50.1 Å². The van der Waals surface area contributed by atoms with Crippen molar-refractivity contribution in [3.05, 3.63) is 23.0 Å². The highest BCUT2D eigenvalue weighted by Gasteiger charge is 2.57. The van der Waals surface area contributed by atoms with E-state index in [0.29, 0.717) is 5.69 Å². The van der Waals surface area contributed by atoms with E-state index in [0.717, 1.165) is 10.9 Å². The molecule has 12 N–H and O–H groups in total. The van der Waals surface area contributed by atoms with Gasteiger partial charge in [0.15, 0.2) is 28.5 Å². The summed E-state index contributed by atoms with van der Waals surface area (Å²) >= 11 is 0. The number of nitrogens with two attached hydrogens (primary N) is 2. The number of rotatable bonds is 10. The number of hydrogen-bond acceptors (Lipinski definition) is 19. The average Bonchev–Trinajstić information content (AvgIpc) is 3.73. The van der Waals surface area contributed by atoms with Gasteiger partial charge in [0.1, 0.15) is 24.2 Å². The van der Waals surface area contributed by atoms with Crippen molar-refractivity contribution in [2.75, 3.05) is 48.3 Å². The number of nitrogens with one attached hydrogen (secondary N) is 3. The van der Waals surface area contributed by atoms with Gasteiger partial charge in [0.2, 0.25) is 11.7 Å². The summed E-state index contributed by atoms with van der Waals surface area (Å²) in [4.78, 5) is 59.4. The number of aliphatic hydroxyl groups excluding tert-OH is 1. The molecule has 6 heterocycles. The van der Waals surface area contributed by atoms with Crippen molar-refractivity contribution in [3.8, 4) is 0 Å². The summed E-state index contributed by atoms with van der Waals surface area (Å²) < 4.78 is 51.6. The summed E-state index contributed by atoms with van der Waals surface area (Å²) in [5, 5.41) is 23.7. The lowest BCUT2D eigenvalue weighted by Gasteiger charge is -2.34. The maximum absolute atomic E-state index is 13.3. The van der Waals surface area contributed by atoms with E-state index in [4.69, 9.17) is 39.8 Å². The number of nitrogens with zero attached hydrogens (tertiary/aromatic N) is 6. The molecule has 3 aliphatic heterocycles. The Morgan fingerprint density at radius 1 is 1.11 bits per heavy atom. The van der Waals surface area contributed by atoms with E-state index < -0.39 is 70.8 Å². The van der Waals surface area contributed by atoms with Gasteiger partial charge in [-0.2, -0.15) is 4.98 Å². The number of hydrogen-bond donors (Lipinski definition) is 10. The lowest BCUT2D eigenvalue weighted by Crippen LogP contribution is -2.56. The first-order chi connectivity index (χ1) is 21.1. The highest BCUT2D eigenvalue weighted by Crippen LogP contribution is 2.53. The Bertz CT molecular complexity index is 1770. The highest BCUT2D eigenvalue weighted by atomic mass is 31.2. The number of aliphatic hydroxyl groups is 2. The fourth-order valence-corrected chi connectivity index (χ4v) is 6.48. The Morgan fingerprint density at radius 3 is 2.64 bits per heavy atom. The third kappa shape index (κ3) is 5.88. The van der Waals surface area contributed by atoms with E-state index in [1.807, 2.05) is 0 Å². The highest BCUT2D eigenvalue weighted by molar-refractivity contribution is 7.47. The Morgan fingerprint density at radius 2 is 1.89 bits per heavy atom. The lowest BCUT2D eigenvalue weighted by molar-refractivity contribution is -0.107. The van der Waals surface area contributed by atoms with Crippen molar-refractivity contribution in [1.82, 2.24) is 35.0 Å². The zero-order valence-electron chi connectivity index (χ0n) is 22.7. The van der Waals surface area contributed by atoms with E-state index in [9.17, 15) is 29.0 Å². The quantitative estimate of drug-likeness (QED) is 0.0931. The third-order valence-electron chi connectivity index (χ3n) is 7.14. The molecule has 45 heavy (non-hydrogen) atoms. The molecule has 6 atom stereocenters. The van der Waals surface area contributed by atoms with Gasteiger partial charge in [-0.1, -0.05) is 0 Å². The number of phosphoric ester groups is 2. The molecule has 246 valence electrons. The zero-order valence-corrected chi connectivity index (χ0v) is 24.4. The second-order valence-electron chi connectivity index (χ2n) is 10.2. The van der Waals surface area contributed by atoms with Crippen molar-refractivity contribution < 1.29 is 57.1 Å². The van der Waals surface area contributed by atoms with Crippen LogP contribution in [0.4, 0.5) is 23.3 Å². The summed E-state index contributed by atoms with van der Waals surface area (Å²) in [7, 11) is -10.2. The molecule has 2 saturated heterocycles. The number of H-pyrrole nitrogens is 1. The number of nitrogen functional groups attached to an aromatic ring is 2. The van der Waals surface area contributed by atoms with Gasteiger partial charge in [-0.05, 0) is 0 Å². The average molecular weight is 679 g/mol. The SMILES string of the molecule is Nc1nc2c(ncn2[C@@]2(OP(=O)(O)OC[C@@H]3C[C@@](O)(N4NNc5c(N)ncnc54)CO3)CO[C@H](COP(=O)(O)O)[C@H]2O)c(=O)[nH]1. The molecule has 0 bridgehead atoms. The Hall–Kier alpha value is -3.35. The molecule has 3 aliphatic rings. The fraction of sp³-hybridized carbons (Fsp3) is 0.526. The molecule has 0 spiro atoms. The molecule has 2 fully saturated rings. The van der Waals surface area contributed by atoms with Crippen LogP contribution in [0, 0.1) is 0 Å². The van der Waals surface area contributed by atoms with E-state index in [1.165, 1.54) is 11.3 Å². The monoisotopic (exact) mass is 679 g/mol. The van der Waals surface area contributed by atoms with Crippen molar-refractivity contribution in [3.63, 3.8) is 0 Å². The lowest BCUT2D eigenvalue weighted by atomic mass is 10.1. The predicted octanol–water partition coefficient (Wildman–Crippen LogP) is -3.44. The van der Waals surface area contributed by atoms with Crippen LogP contribution in [0.15, 0.2) is 17.4 Å². The summed E-state index contributed by atoms with van der Waals surface area (Å²) in [6.45, 7) is -2.52. The largest absolute Gasteiger partial charge is 0.474 e. The van der Waals surface area contributed by atoms with E-state index in [-0.39, 0.29) is 41.8 Å². The first-order valence-electron chi connectivity index (χ1n) is 12.8. The molecule has 0 saturated carbocycles. The minimum atomic E-state index is -5.21. The second-order valence-corrected chi connectivity index (χ2v) is 12.8. The number of fused-ring (bicyclic) bond motifs is 2. The number of aromatic amines is 1. The van der Waals surface area contributed by atoms with Gasteiger partial charge >= 0.3 is 15.6 Å². The first kappa shape index (κ1) is 31.6. The van der Waals surface area contributed by atoms with Gasteiger partial charge in [0, 0.05) is 6.42 Å². The van der Waals surface area contributed by atoms with Crippen LogP contribution in [0.2, 0.25) is 0 Å². The summed E-state index contributed by atoms with van der Waals surface area (Å²) in [5.74, 6) is -0.0270. The summed E-state index contributed by atoms with van der Waals surface area (Å²) in [5.41, 5.74) is 11.7. The molecule has 3 aromatic rings.